The zero-order chi connectivity index (χ0) is 13.3. The number of phenolic OH excluding ortho intramolecular Hbond substituents is 2. The van der Waals surface area contributed by atoms with Gasteiger partial charge in [-0.2, -0.15) is 0 Å². The van der Waals surface area contributed by atoms with Crippen molar-refractivity contribution < 1.29 is 10.2 Å². The minimum Gasteiger partial charge on any atom is -0.507 e. The van der Waals surface area contributed by atoms with Crippen molar-refractivity contribution in [2.24, 2.45) is 0 Å². The second kappa shape index (κ2) is 4.58. The van der Waals surface area contributed by atoms with Crippen LogP contribution < -0.4 is 5.73 Å². The number of halogens is 1. The van der Waals surface area contributed by atoms with Crippen molar-refractivity contribution in [2.45, 2.75) is 0 Å². The monoisotopic (exact) mass is 262 g/mol. The van der Waals surface area contributed by atoms with Crippen LogP contribution >= 0.6 is 11.6 Å². The highest BCUT2D eigenvalue weighted by Gasteiger charge is 2.09. The minimum absolute atomic E-state index is 0.00581. The van der Waals surface area contributed by atoms with Crippen LogP contribution in [0.3, 0.4) is 0 Å². The van der Waals surface area contributed by atoms with Gasteiger partial charge in [0.2, 0.25) is 0 Å². The summed E-state index contributed by atoms with van der Waals surface area (Å²) < 4.78 is 0. The molecule has 4 nitrogen and oxygen atoms in total. The molecule has 2 aromatic carbocycles. The molecule has 92 valence electrons. The zero-order valence-electron chi connectivity index (χ0n) is 9.31. The lowest BCUT2D eigenvalue weighted by atomic mass is 10.0. The van der Waals surface area contributed by atoms with Gasteiger partial charge in [0.05, 0.1) is 10.6 Å². The summed E-state index contributed by atoms with van der Waals surface area (Å²) in [5, 5.41) is 26.5. The molecule has 0 fully saturated rings. The molecule has 0 heterocycles. The average Bonchev–Trinajstić information content (AvgIpc) is 2.32. The van der Waals surface area contributed by atoms with E-state index in [0.717, 1.165) is 11.8 Å². The third-order valence-corrected chi connectivity index (χ3v) is 2.92. The van der Waals surface area contributed by atoms with Crippen LogP contribution in [0.5, 0.6) is 11.5 Å². The molecule has 0 atom stereocenters. The summed E-state index contributed by atoms with van der Waals surface area (Å²) in [4.78, 5) is 0. The molecule has 0 aliphatic carbocycles. The lowest BCUT2D eigenvalue weighted by Gasteiger charge is -2.08. The fourth-order valence-corrected chi connectivity index (χ4v) is 1.85. The van der Waals surface area contributed by atoms with Gasteiger partial charge in [-0.15, -0.1) is 0 Å². The van der Waals surface area contributed by atoms with Crippen LogP contribution in [0.2, 0.25) is 5.02 Å². The van der Waals surface area contributed by atoms with Gasteiger partial charge >= 0.3 is 0 Å². The molecule has 0 aliphatic rings. The van der Waals surface area contributed by atoms with Crippen molar-refractivity contribution >= 4 is 23.5 Å². The topological polar surface area (TPSA) is 90.3 Å². The molecule has 0 aromatic heterocycles. The maximum absolute atomic E-state index is 9.74. The Morgan fingerprint density at radius 2 is 1.78 bits per heavy atom. The number of phenols is 2. The highest BCUT2D eigenvalue weighted by Crippen LogP contribution is 2.33. The van der Waals surface area contributed by atoms with Gasteiger partial charge in [-0.3, -0.25) is 0 Å². The third kappa shape index (κ3) is 2.10. The van der Waals surface area contributed by atoms with Crippen molar-refractivity contribution in [1.29, 1.82) is 5.41 Å². The molecule has 0 unspecified atom stereocenters. The van der Waals surface area contributed by atoms with Gasteiger partial charge in [0.15, 0.2) is 0 Å². The van der Waals surface area contributed by atoms with Crippen LogP contribution in [0.4, 0.5) is 5.69 Å². The Hall–Kier alpha value is -2.20. The summed E-state index contributed by atoms with van der Waals surface area (Å²) in [6, 6.07) is 7.85. The first-order valence-electron chi connectivity index (χ1n) is 5.14. The molecule has 0 amide bonds. The second-order valence-electron chi connectivity index (χ2n) is 3.81. The molecule has 5 N–H and O–H groups in total. The molecule has 0 bridgehead atoms. The maximum Gasteiger partial charge on any atom is 0.134 e. The Kier molecular flexibility index (Phi) is 3.12. The van der Waals surface area contributed by atoms with E-state index in [0.29, 0.717) is 11.3 Å². The Balaban J connectivity index is 2.58. The molecular formula is C13H11ClN2O2. The van der Waals surface area contributed by atoms with Crippen molar-refractivity contribution in [3.05, 3.63) is 40.9 Å². The van der Waals surface area contributed by atoms with E-state index >= 15 is 0 Å². The number of anilines is 1. The number of benzene rings is 2. The Morgan fingerprint density at radius 3 is 2.33 bits per heavy atom. The van der Waals surface area contributed by atoms with E-state index in [2.05, 4.69) is 0 Å². The fourth-order valence-electron chi connectivity index (χ4n) is 1.67. The number of nitrogen functional groups attached to an aromatic ring is 1. The highest BCUT2D eigenvalue weighted by molar-refractivity contribution is 6.32. The van der Waals surface area contributed by atoms with Crippen molar-refractivity contribution in [3.63, 3.8) is 0 Å². The van der Waals surface area contributed by atoms with E-state index in [4.69, 9.17) is 22.7 Å². The van der Waals surface area contributed by atoms with Crippen LogP contribution in [-0.4, -0.2) is 16.4 Å². The third-order valence-electron chi connectivity index (χ3n) is 2.62. The van der Waals surface area contributed by atoms with E-state index < -0.39 is 0 Å². The minimum atomic E-state index is -0.0656. The summed E-state index contributed by atoms with van der Waals surface area (Å²) in [6.45, 7) is 0. The zero-order valence-corrected chi connectivity index (χ0v) is 10.1. The highest BCUT2D eigenvalue weighted by atomic mass is 35.5. The van der Waals surface area contributed by atoms with E-state index in [1.165, 1.54) is 12.1 Å². The quantitative estimate of drug-likeness (QED) is 0.495. The number of aromatic hydroxyl groups is 2. The van der Waals surface area contributed by atoms with Gasteiger partial charge in [0.25, 0.3) is 0 Å². The molecule has 0 radical (unpaired) electrons. The normalized spacial score (nSPS) is 10.3. The Morgan fingerprint density at radius 1 is 1.06 bits per heavy atom. The van der Waals surface area contributed by atoms with E-state index in [1.54, 1.807) is 18.2 Å². The number of rotatable bonds is 2. The average molecular weight is 263 g/mol. The summed E-state index contributed by atoms with van der Waals surface area (Å²) in [6.07, 6.45) is 0.998. The molecule has 18 heavy (non-hydrogen) atoms. The van der Waals surface area contributed by atoms with Gasteiger partial charge in [-0.1, -0.05) is 17.7 Å². The lowest BCUT2D eigenvalue weighted by Crippen LogP contribution is -1.94. The lowest BCUT2D eigenvalue weighted by molar-refractivity contribution is 0.475. The summed E-state index contributed by atoms with van der Waals surface area (Å²) in [7, 11) is 0. The first-order chi connectivity index (χ1) is 8.52. The number of nitrogens with two attached hydrogens (primary N) is 1. The predicted octanol–water partition coefficient (Wildman–Crippen LogP) is 3.00. The van der Waals surface area contributed by atoms with E-state index in [-0.39, 0.29) is 22.1 Å². The van der Waals surface area contributed by atoms with Gasteiger partial charge in [-0.05, 0) is 35.4 Å². The largest absolute Gasteiger partial charge is 0.507 e. The van der Waals surface area contributed by atoms with Crippen LogP contribution in [0.1, 0.15) is 5.56 Å². The van der Waals surface area contributed by atoms with Gasteiger partial charge in [0.1, 0.15) is 11.5 Å². The van der Waals surface area contributed by atoms with Gasteiger partial charge in [-0.25, -0.2) is 0 Å². The number of hydrogen-bond donors (Lipinski definition) is 4. The van der Waals surface area contributed by atoms with Gasteiger partial charge in [0, 0.05) is 11.9 Å². The smallest absolute Gasteiger partial charge is 0.134 e. The molecule has 0 saturated carbocycles. The first-order valence-corrected chi connectivity index (χ1v) is 5.52. The molecule has 0 aliphatic heterocycles. The van der Waals surface area contributed by atoms with Crippen LogP contribution in [0.25, 0.3) is 11.1 Å². The van der Waals surface area contributed by atoms with Crippen molar-refractivity contribution in [2.75, 3.05) is 5.73 Å². The number of nitrogens with one attached hydrogen (secondary N) is 1. The summed E-state index contributed by atoms with van der Waals surface area (Å²) >= 11 is 5.82. The van der Waals surface area contributed by atoms with Crippen LogP contribution in [0.15, 0.2) is 30.3 Å². The molecular weight excluding hydrogens is 252 g/mol. The Bertz CT molecular complexity index is 603. The van der Waals surface area contributed by atoms with Crippen molar-refractivity contribution in [1.82, 2.24) is 0 Å². The van der Waals surface area contributed by atoms with Crippen LogP contribution in [0, 0.1) is 5.41 Å². The van der Waals surface area contributed by atoms with Gasteiger partial charge < -0.3 is 21.4 Å². The maximum atomic E-state index is 9.74. The summed E-state index contributed by atoms with van der Waals surface area (Å²) in [5.41, 5.74) is 7.72. The van der Waals surface area contributed by atoms with Crippen LogP contribution in [-0.2, 0) is 0 Å². The molecule has 0 saturated heterocycles. The summed E-state index contributed by atoms with van der Waals surface area (Å²) in [5.74, 6) is -0.0714. The van der Waals surface area contributed by atoms with E-state index in [9.17, 15) is 10.2 Å². The number of hydrogen-bond acceptors (Lipinski definition) is 4. The standard InChI is InChI=1S/C13H11ClN2O2/c14-10-3-7(1-2-12(10)17)8-4-11(16)9(6-15)13(18)5-8/h1-6,15,17-18H,16H2. The fraction of sp³-hybridized carbons (Fsp3) is 0. The van der Waals surface area contributed by atoms with E-state index in [1.807, 2.05) is 0 Å². The SMILES string of the molecule is N=Cc1c(N)cc(-c2ccc(O)c(Cl)c2)cc1O. The molecule has 2 aromatic rings. The molecule has 2 rings (SSSR count). The Labute approximate surface area is 109 Å². The second-order valence-corrected chi connectivity index (χ2v) is 4.22. The van der Waals surface area contributed by atoms with Crippen molar-refractivity contribution in [3.8, 4) is 22.6 Å². The molecule has 0 spiro atoms. The predicted molar refractivity (Wildman–Crippen MR) is 72.5 cm³/mol. The first kappa shape index (κ1) is 12.3. The molecule has 5 heteroatoms.